The third-order valence-electron chi connectivity index (χ3n) is 3.75. The van der Waals surface area contributed by atoms with Gasteiger partial charge >= 0.3 is 0 Å². The molecule has 1 nitrogen and oxygen atoms in total. The summed E-state index contributed by atoms with van der Waals surface area (Å²) in [6.07, 6.45) is -2.40. The second kappa shape index (κ2) is 6.81. The Morgan fingerprint density at radius 2 is 1.67 bits per heavy atom. The molecule has 0 saturated heterocycles. The predicted molar refractivity (Wildman–Crippen MR) is 82.6 cm³/mol. The maximum absolute atomic E-state index is 12.5. The van der Waals surface area contributed by atoms with Gasteiger partial charge in [0.15, 0.2) is 0 Å². The summed E-state index contributed by atoms with van der Waals surface area (Å²) in [5.74, 6) is 0. The molecule has 0 aromatic heterocycles. The lowest BCUT2D eigenvalue weighted by atomic mass is 10.00. The molecule has 112 valence electrons. The van der Waals surface area contributed by atoms with Crippen molar-refractivity contribution in [3.63, 3.8) is 0 Å². The highest BCUT2D eigenvalue weighted by Crippen LogP contribution is 2.21. The van der Waals surface area contributed by atoms with Crippen LogP contribution >= 0.6 is 0 Å². The molecule has 2 rings (SSSR count). The van der Waals surface area contributed by atoms with Gasteiger partial charge in [-0.1, -0.05) is 48.0 Å². The number of nitrogens with one attached hydrogen (secondary N) is 1. The van der Waals surface area contributed by atoms with E-state index in [1.54, 1.807) is 12.1 Å². The predicted octanol–water partition coefficient (Wildman–Crippen LogP) is 5.09. The van der Waals surface area contributed by atoms with E-state index >= 15 is 0 Å². The van der Waals surface area contributed by atoms with E-state index in [1.165, 1.54) is 28.8 Å². The highest BCUT2D eigenvalue weighted by Gasteiger charge is 2.09. The van der Waals surface area contributed by atoms with E-state index in [9.17, 15) is 8.78 Å². The zero-order valence-corrected chi connectivity index (χ0v) is 12.7. The van der Waals surface area contributed by atoms with Gasteiger partial charge in [0.1, 0.15) is 0 Å². The molecule has 1 atom stereocenters. The van der Waals surface area contributed by atoms with E-state index in [0.29, 0.717) is 6.54 Å². The van der Waals surface area contributed by atoms with Crippen molar-refractivity contribution < 1.29 is 8.78 Å². The van der Waals surface area contributed by atoms with Crippen LogP contribution in [0.1, 0.15) is 47.2 Å². The highest BCUT2D eigenvalue weighted by atomic mass is 19.3. The number of hydrogen-bond acceptors (Lipinski definition) is 1. The fourth-order valence-corrected chi connectivity index (χ4v) is 2.39. The van der Waals surface area contributed by atoms with Crippen LogP contribution in [0.25, 0.3) is 0 Å². The minimum Gasteiger partial charge on any atom is -0.306 e. The van der Waals surface area contributed by atoms with Crippen molar-refractivity contribution in [3.05, 3.63) is 70.3 Å². The Bertz CT molecular complexity index is 591. The van der Waals surface area contributed by atoms with Gasteiger partial charge in [-0.3, -0.25) is 0 Å². The van der Waals surface area contributed by atoms with Crippen LogP contribution in [0.2, 0.25) is 0 Å². The Hall–Kier alpha value is -1.74. The van der Waals surface area contributed by atoms with Crippen molar-refractivity contribution in [1.82, 2.24) is 5.32 Å². The maximum atomic E-state index is 12.5. The lowest BCUT2D eigenvalue weighted by Crippen LogP contribution is -2.19. The van der Waals surface area contributed by atoms with Gasteiger partial charge in [-0.2, -0.15) is 0 Å². The monoisotopic (exact) mass is 289 g/mol. The molecule has 0 amide bonds. The Kier molecular flexibility index (Phi) is 5.07. The summed E-state index contributed by atoms with van der Waals surface area (Å²) in [4.78, 5) is 0. The van der Waals surface area contributed by atoms with Crippen molar-refractivity contribution in [2.45, 2.75) is 39.8 Å². The lowest BCUT2D eigenvalue weighted by Gasteiger charge is -2.17. The van der Waals surface area contributed by atoms with Crippen LogP contribution in [0.4, 0.5) is 8.78 Å². The molecule has 1 N–H and O–H groups in total. The summed E-state index contributed by atoms with van der Waals surface area (Å²) in [6.45, 7) is 6.97. The summed E-state index contributed by atoms with van der Waals surface area (Å²) in [7, 11) is 0. The molecular weight excluding hydrogens is 268 g/mol. The number of aryl methyl sites for hydroxylation is 2. The number of halogens is 2. The van der Waals surface area contributed by atoms with Crippen molar-refractivity contribution in [2.75, 3.05) is 0 Å². The van der Waals surface area contributed by atoms with Crippen LogP contribution in [0.5, 0.6) is 0 Å². The fourth-order valence-electron chi connectivity index (χ4n) is 2.39. The molecule has 0 saturated carbocycles. The van der Waals surface area contributed by atoms with E-state index in [-0.39, 0.29) is 11.6 Å². The van der Waals surface area contributed by atoms with Gasteiger partial charge < -0.3 is 5.32 Å². The molecule has 2 aromatic rings. The van der Waals surface area contributed by atoms with Crippen LogP contribution in [0.15, 0.2) is 42.5 Å². The quantitative estimate of drug-likeness (QED) is 0.808. The summed E-state index contributed by atoms with van der Waals surface area (Å²) >= 11 is 0. The Morgan fingerprint density at radius 3 is 2.29 bits per heavy atom. The van der Waals surface area contributed by atoms with Gasteiger partial charge in [0.2, 0.25) is 0 Å². The first-order valence-electron chi connectivity index (χ1n) is 7.15. The van der Waals surface area contributed by atoms with Crippen molar-refractivity contribution in [1.29, 1.82) is 0 Å². The van der Waals surface area contributed by atoms with Crippen molar-refractivity contribution in [3.8, 4) is 0 Å². The van der Waals surface area contributed by atoms with Crippen LogP contribution in [0.3, 0.4) is 0 Å². The largest absolute Gasteiger partial charge is 0.306 e. The Balaban J connectivity index is 2.00. The van der Waals surface area contributed by atoms with Gasteiger partial charge in [-0.05, 0) is 37.5 Å². The molecule has 0 aliphatic rings. The average molecular weight is 289 g/mol. The van der Waals surface area contributed by atoms with Crippen LogP contribution < -0.4 is 5.32 Å². The van der Waals surface area contributed by atoms with Crippen molar-refractivity contribution in [2.24, 2.45) is 0 Å². The Morgan fingerprint density at radius 1 is 1.00 bits per heavy atom. The zero-order valence-electron chi connectivity index (χ0n) is 12.7. The van der Waals surface area contributed by atoms with Gasteiger partial charge in [0.25, 0.3) is 6.43 Å². The minimum atomic E-state index is -2.40. The average Bonchev–Trinajstić information content (AvgIpc) is 2.47. The normalized spacial score (nSPS) is 12.7. The highest BCUT2D eigenvalue weighted by molar-refractivity contribution is 5.33. The van der Waals surface area contributed by atoms with E-state index in [2.05, 4.69) is 44.3 Å². The van der Waals surface area contributed by atoms with Crippen LogP contribution in [-0.2, 0) is 6.54 Å². The van der Waals surface area contributed by atoms with E-state index in [0.717, 1.165) is 5.56 Å². The number of rotatable bonds is 5. The fraction of sp³-hybridized carbons (Fsp3) is 0.333. The second-order valence-electron chi connectivity index (χ2n) is 5.50. The molecule has 0 bridgehead atoms. The molecule has 1 unspecified atom stereocenters. The molecule has 0 heterocycles. The molecule has 0 fully saturated rings. The number of alkyl halides is 2. The number of benzene rings is 2. The first kappa shape index (κ1) is 15.6. The first-order valence-corrected chi connectivity index (χ1v) is 7.15. The molecule has 0 aliphatic heterocycles. The minimum absolute atomic E-state index is 0.0707. The van der Waals surface area contributed by atoms with Gasteiger partial charge in [-0.15, -0.1) is 0 Å². The molecule has 0 aliphatic carbocycles. The van der Waals surface area contributed by atoms with E-state index < -0.39 is 6.43 Å². The number of hydrogen-bond donors (Lipinski definition) is 1. The maximum Gasteiger partial charge on any atom is 0.263 e. The van der Waals surface area contributed by atoms with Crippen LogP contribution in [0, 0.1) is 13.8 Å². The summed E-state index contributed by atoms with van der Waals surface area (Å²) in [5, 5.41) is 3.44. The van der Waals surface area contributed by atoms with E-state index in [1.807, 2.05) is 0 Å². The molecule has 2 aromatic carbocycles. The van der Waals surface area contributed by atoms with Crippen LogP contribution in [-0.4, -0.2) is 0 Å². The zero-order chi connectivity index (χ0) is 15.4. The second-order valence-corrected chi connectivity index (χ2v) is 5.50. The third kappa shape index (κ3) is 4.11. The molecule has 0 radical (unpaired) electrons. The summed E-state index contributed by atoms with van der Waals surface area (Å²) < 4.78 is 25.0. The summed E-state index contributed by atoms with van der Waals surface area (Å²) in [6, 6.07) is 13.1. The van der Waals surface area contributed by atoms with E-state index in [4.69, 9.17) is 0 Å². The van der Waals surface area contributed by atoms with Gasteiger partial charge in [0.05, 0.1) is 0 Å². The lowest BCUT2D eigenvalue weighted by molar-refractivity contribution is 0.151. The Labute approximate surface area is 125 Å². The third-order valence-corrected chi connectivity index (χ3v) is 3.75. The molecule has 0 spiro atoms. The topological polar surface area (TPSA) is 12.0 Å². The molecular formula is C18H21F2N. The van der Waals surface area contributed by atoms with Gasteiger partial charge in [0, 0.05) is 18.2 Å². The van der Waals surface area contributed by atoms with Gasteiger partial charge in [-0.25, -0.2) is 8.78 Å². The molecule has 3 heteroatoms. The summed E-state index contributed by atoms with van der Waals surface area (Å²) in [5.41, 5.74) is 4.86. The SMILES string of the molecule is Cc1ccc(C)c(C(C)NCc2ccc(C(F)F)cc2)c1. The first-order chi connectivity index (χ1) is 9.97. The van der Waals surface area contributed by atoms with Crippen molar-refractivity contribution >= 4 is 0 Å². The molecule has 21 heavy (non-hydrogen) atoms. The standard InChI is InChI=1S/C18H21F2N/c1-12-4-5-13(2)17(10-12)14(3)21-11-15-6-8-16(9-7-15)18(19)20/h4-10,14,18,21H,11H2,1-3H3. The smallest absolute Gasteiger partial charge is 0.263 e.